The number of fused-ring (bicyclic) bond motifs is 1. The van der Waals surface area contributed by atoms with Gasteiger partial charge in [0, 0.05) is 0 Å². The van der Waals surface area contributed by atoms with E-state index in [4.69, 9.17) is 4.74 Å². The van der Waals surface area contributed by atoms with Crippen LogP contribution in [-0.2, 0) is 14.8 Å². The standard InChI is InChI=1S/C24H24N2O4S/c1-2-20(18-11-5-3-6-12-18)25-24(27)23-17-26(21-15-9-10-16-22(21)30-23)31(28,29)19-13-7-4-8-14-19/h3-16,20,23H,2,17H2,1H3,(H,25,27)/t20-,23+/m0/s1. The summed E-state index contributed by atoms with van der Waals surface area (Å²) in [6.45, 7) is 1.88. The topological polar surface area (TPSA) is 75.7 Å². The lowest BCUT2D eigenvalue weighted by atomic mass is 10.0. The number of hydrogen-bond acceptors (Lipinski definition) is 4. The van der Waals surface area contributed by atoms with Gasteiger partial charge in [-0.3, -0.25) is 9.10 Å². The molecule has 0 bridgehead atoms. The Balaban J connectivity index is 1.63. The van der Waals surface area contributed by atoms with Crippen LogP contribution < -0.4 is 14.4 Å². The molecule has 0 spiro atoms. The lowest BCUT2D eigenvalue weighted by molar-refractivity contribution is -0.128. The second-order valence-electron chi connectivity index (χ2n) is 7.30. The molecule has 1 aliphatic rings. The first-order chi connectivity index (χ1) is 15.0. The molecule has 0 aromatic heterocycles. The van der Waals surface area contributed by atoms with E-state index >= 15 is 0 Å². The van der Waals surface area contributed by atoms with Gasteiger partial charge < -0.3 is 10.1 Å². The quantitative estimate of drug-likeness (QED) is 0.636. The maximum absolute atomic E-state index is 13.4. The van der Waals surface area contributed by atoms with E-state index in [0.717, 1.165) is 5.56 Å². The number of rotatable bonds is 6. The Labute approximate surface area is 182 Å². The molecule has 7 heteroatoms. The minimum absolute atomic E-state index is 0.106. The third-order valence-electron chi connectivity index (χ3n) is 5.29. The monoisotopic (exact) mass is 436 g/mol. The van der Waals surface area contributed by atoms with Crippen LogP contribution in [0.4, 0.5) is 5.69 Å². The Kier molecular flexibility index (Phi) is 5.95. The Hall–Kier alpha value is -3.32. The van der Waals surface area contributed by atoms with Gasteiger partial charge in [-0.05, 0) is 36.2 Å². The lowest BCUT2D eigenvalue weighted by Gasteiger charge is -2.35. The van der Waals surface area contributed by atoms with Crippen LogP contribution in [0.3, 0.4) is 0 Å². The fraction of sp³-hybridized carbons (Fsp3) is 0.208. The molecule has 0 unspecified atom stereocenters. The van der Waals surface area contributed by atoms with Crippen LogP contribution in [0.25, 0.3) is 0 Å². The molecule has 1 aliphatic heterocycles. The molecular weight excluding hydrogens is 412 g/mol. The average molecular weight is 437 g/mol. The fourth-order valence-corrected chi connectivity index (χ4v) is 5.15. The van der Waals surface area contributed by atoms with Crippen molar-refractivity contribution >= 4 is 21.6 Å². The van der Waals surface area contributed by atoms with Crippen molar-refractivity contribution < 1.29 is 17.9 Å². The molecule has 3 aromatic carbocycles. The van der Waals surface area contributed by atoms with Crippen LogP contribution >= 0.6 is 0 Å². The zero-order valence-electron chi connectivity index (χ0n) is 17.1. The highest BCUT2D eigenvalue weighted by Crippen LogP contribution is 2.36. The van der Waals surface area contributed by atoms with Gasteiger partial charge >= 0.3 is 0 Å². The molecule has 0 saturated heterocycles. The summed E-state index contributed by atoms with van der Waals surface area (Å²) in [6.07, 6.45) is -0.267. The van der Waals surface area contributed by atoms with Crippen molar-refractivity contribution in [3.8, 4) is 5.75 Å². The minimum atomic E-state index is -3.85. The molecule has 0 saturated carbocycles. The van der Waals surface area contributed by atoms with Crippen molar-refractivity contribution in [2.24, 2.45) is 0 Å². The van der Waals surface area contributed by atoms with Crippen LogP contribution in [0.1, 0.15) is 24.9 Å². The molecular formula is C24H24N2O4S. The van der Waals surface area contributed by atoms with E-state index in [9.17, 15) is 13.2 Å². The van der Waals surface area contributed by atoms with Crippen LogP contribution in [0, 0.1) is 0 Å². The molecule has 1 heterocycles. The van der Waals surface area contributed by atoms with Gasteiger partial charge in [-0.25, -0.2) is 8.42 Å². The van der Waals surface area contributed by atoms with Gasteiger partial charge in [0.2, 0.25) is 0 Å². The third kappa shape index (κ3) is 4.27. The summed E-state index contributed by atoms with van der Waals surface area (Å²) >= 11 is 0. The molecule has 31 heavy (non-hydrogen) atoms. The number of benzene rings is 3. The summed E-state index contributed by atoms with van der Waals surface area (Å²) in [5, 5.41) is 3.01. The second kappa shape index (κ2) is 8.81. The Bertz CT molecular complexity index is 1150. The number of carbonyl (C=O) groups excluding carboxylic acids is 1. The van der Waals surface area contributed by atoms with Gasteiger partial charge in [0.05, 0.1) is 23.2 Å². The number of carbonyl (C=O) groups is 1. The highest BCUT2D eigenvalue weighted by atomic mass is 32.2. The van der Waals surface area contributed by atoms with Gasteiger partial charge in [0.25, 0.3) is 15.9 Å². The van der Waals surface area contributed by atoms with E-state index in [1.165, 1.54) is 4.31 Å². The molecule has 3 aromatic rings. The molecule has 0 fully saturated rings. The summed E-state index contributed by atoms with van der Waals surface area (Å²) in [5.74, 6) is 0.0135. The molecule has 2 atom stereocenters. The maximum atomic E-state index is 13.4. The number of anilines is 1. The van der Waals surface area contributed by atoms with Crippen LogP contribution in [0.15, 0.2) is 89.8 Å². The van der Waals surface area contributed by atoms with Crippen molar-refractivity contribution in [2.45, 2.75) is 30.4 Å². The number of amides is 1. The van der Waals surface area contributed by atoms with E-state index in [1.807, 2.05) is 37.3 Å². The van der Waals surface area contributed by atoms with Gasteiger partial charge in [-0.15, -0.1) is 0 Å². The summed E-state index contributed by atoms with van der Waals surface area (Å²) in [5.41, 5.74) is 1.41. The highest BCUT2D eigenvalue weighted by Gasteiger charge is 2.37. The van der Waals surface area contributed by atoms with E-state index < -0.39 is 16.1 Å². The predicted octanol–water partition coefficient (Wildman–Crippen LogP) is 3.91. The van der Waals surface area contributed by atoms with Crippen molar-refractivity contribution in [2.75, 3.05) is 10.8 Å². The summed E-state index contributed by atoms with van der Waals surface area (Å²) < 4.78 is 33.9. The number of para-hydroxylation sites is 2. The summed E-state index contributed by atoms with van der Waals surface area (Å²) in [6, 6.07) is 24.6. The predicted molar refractivity (Wildman–Crippen MR) is 119 cm³/mol. The fourth-order valence-electron chi connectivity index (χ4n) is 3.66. The first kappa shape index (κ1) is 20.9. The summed E-state index contributed by atoms with van der Waals surface area (Å²) in [4.78, 5) is 13.3. The van der Waals surface area contributed by atoms with E-state index in [-0.39, 0.29) is 23.4 Å². The van der Waals surface area contributed by atoms with Gasteiger partial charge in [0.15, 0.2) is 6.10 Å². The number of sulfonamides is 1. The van der Waals surface area contributed by atoms with E-state index in [1.54, 1.807) is 54.6 Å². The van der Waals surface area contributed by atoms with Crippen LogP contribution in [0.5, 0.6) is 5.75 Å². The molecule has 6 nitrogen and oxygen atoms in total. The zero-order chi connectivity index (χ0) is 21.8. The molecule has 1 amide bonds. The first-order valence-corrected chi connectivity index (χ1v) is 11.6. The number of nitrogens with one attached hydrogen (secondary N) is 1. The molecule has 160 valence electrons. The number of ether oxygens (including phenoxy) is 1. The van der Waals surface area contributed by atoms with Gasteiger partial charge in [-0.1, -0.05) is 67.6 Å². The molecule has 0 radical (unpaired) electrons. The van der Waals surface area contributed by atoms with Gasteiger partial charge in [0.1, 0.15) is 5.75 Å². The van der Waals surface area contributed by atoms with E-state index in [2.05, 4.69) is 5.32 Å². The van der Waals surface area contributed by atoms with Crippen LogP contribution in [0.2, 0.25) is 0 Å². The second-order valence-corrected chi connectivity index (χ2v) is 9.17. The molecule has 0 aliphatic carbocycles. The van der Waals surface area contributed by atoms with Crippen molar-refractivity contribution in [1.82, 2.24) is 5.32 Å². The Morgan fingerprint density at radius 3 is 2.29 bits per heavy atom. The normalized spacial score (nSPS) is 16.7. The average Bonchev–Trinajstić information content (AvgIpc) is 2.82. The first-order valence-electron chi connectivity index (χ1n) is 10.2. The third-order valence-corrected chi connectivity index (χ3v) is 7.08. The molecule has 4 rings (SSSR count). The summed E-state index contributed by atoms with van der Waals surface area (Å²) in [7, 11) is -3.85. The smallest absolute Gasteiger partial charge is 0.264 e. The lowest BCUT2D eigenvalue weighted by Crippen LogP contribution is -2.51. The van der Waals surface area contributed by atoms with Crippen molar-refractivity contribution in [1.29, 1.82) is 0 Å². The Morgan fingerprint density at radius 1 is 1.00 bits per heavy atom. The molecule has 1 N–H and O–H groups in total. The largest absolute Gasteiger partial charge is 0.476 e. The van der Waals surface area contributed by atoms with Gasteiger partial charge in [-0.2, -0.15) is 0 Å². The number of nitrogens with zero attached hydrogens (tertiary/aromatic N) is 1. The highest BCUT2D eigenvalue weighted by molar-refractivity contribution is 7.92. The van der Waals surface area contributed by atoms with E-state index in [0.29, 0.717) is 17.9 Å². The SMILES string of the molecule is CC[C@H](NC(=O)[C@H]1CN(S(=O)(=O)c2ccccc2)c2ccccc2O1)c1ccccc1. The van der Waals surface area contributed by atoms with Crippen LogP contribution in [-0.4, -0.2) is 27.0 Å². The Morgan fingerprint density at radius 2 is 1.61 bits per heavy atom. The van der Waals surface area contributed by atoms with Crippen molar-refractivity contribution in [3.05, 3.63) is 90.5 Å². The number of hydrogen-bond donors (Lipinski definition) is 1. The minimum Gasteiger partial charge on any atom is -0.476 e. The zero-order valence-corrected chi connectivity index (χ0v) is 18.0. The van der Waals surface area contributed by atoms with Crippen molar-refractivity contribution in [3.63, 3.8) is 0 Å². The maximum Gasteiger partial charge on any atom is 0.264 e.